The molecule has 1 N–H and O–H groups in total. The number of nitrogens with zero attached hydrogens (tertiary/aromatic N) is 2. The van der Waals surface area contributed by atoms with Crippen molar-refractivity contribution in [3.63, 3.8) is 0 Å². The Morgan fingerprint density at radius 1 is 1.41 bits per heavy atom. The molecule has 0 aromatic carbocycles. The zero-order valence-electron chi connectivity index (χ0n) is 11.1. The van der Waals surface area contributed by atoms with Crippen LogP contribution in [0.2, 0.25) is 0 Å². The van der Waals surface area contributed by atoms with E-state index < -0.39 is 0 Å². The fraction of sp³-hybridized carbons (Fsp3) is 0.846. The Balaban J connectivity index is 2.03. The lowest BCUT2D eigenvalue weighted by molar-refractivity contribution is 0.327. The number of hydrogen-bond acceptors (Lipinski definition) is 4. The molecular formula is C13H23N3O. The quantitative estimate of drug-likeness (QED) is 0.855. The Kier molecular flexibility index (Phi) is 4.15. The van der Waals surface area contributed by atoms with Gasteiger partial charge in [0.25, 0.3) is 0 Å². The summed E-state index contributed by atoms with van der Waals surface area (Å²) in [6.07, 6.45) is 4.82. The average Bonchev–Trinajstić information content (AvgIpc) is 2.94. The molecule has 96 valence electrons. The van der Waals surface area contributed by atoms with Gasteiger partial charge in [-0.2, -0.15) is 4.98 Å². The van der Waals surface area contributed by atoms with Gasteiger partial charge in [-0.1, -0.05) is 32.3 Å². The highest BCUT2D eigenvalue weighted by Gasteiger charge is 2.32. The Bertz CT molecular complexity index is 348. The molecular weight excluding hydrogens is 214 g/mol. The molecule has 4 nitrogen and oxygen atoms in total. The SMILES string of the molecule is CCCNC1CCCC1c1nc(C(C)C)no1. The molecule has 0 spiro atoms. The first kappa shape index (κ1) is 12.6. The minimum Gasteiger partial charge on any atom is -0.339 e. The molecule has 1 heterocycles. The zero-order valence-corrected chi connectivity index (χ0v) is 11.1. The van der Waals surface area contributed by atoms with Crippen LogP contribution in [-0.2, 0) is 0 Å². The first-order valence-corrected chi connectivity index (χ1v) is 6.79. The fourth-order valence-corrected chi connectivity index (χ4v) is 2.46. The van der Waals surface area contributed by atoms with Crippen molar-refractivity contribution in [1.29, 1.82) is 0 Å². The van der Waals surface area contributed by atoms with Gasteiger partial charge >= 0.3 is 0 Å². The first-order valence-electron chi connectivity index (χ1n) is 6.79. The van der Waals surface area contributed by atoms with Crippen LogP contribution in [0.4, 0.5) is 0 Å². The second-order valence-electron chi connectivity index (χ2n) is 5.24. The van der Waals surface area contributed by atoms with Crippen molar-refractivity contribution in [2.45, 2.75) is 64.3 Å². The van der Waals surface area contributed by atoms with E-state index in [-0.39, 0.29) is 0 Å². The largest absolute Gasteiger partial charge is 0.339 e. The van der Waals surface area contributed by atoms with E-state index in [0.29, 0.717) is 17.9 Å². The lowest BCUT2D eigenvalue weighted by Crippen LogP contribution is -2.31. The third-order valence-electron chi connectivity index (χ3n) is 3.46. The summed E-state index contributed by atoms with van der Waals surface area (Å²) in [4.78, 5) is 4.53. The van der Waals surface area contributed by atoms with E-state index >= 15 is 0 Å². The number of rotatable bonds is 5. The fourth-order valence-electron chi connectivity index (χ4n) is 2.46. The highest BCUT2D eigenvalue weighted by atomic mass is 16.5. The summed E-state index contributed by atoms with van der Waals surface area (Å²) in [6, 6.07) is 0.524. The van der Waals surface area contributed by atoms with Crippen LogP contribution in [-0.4, -0.2) is 22.7 Å². The van der Waals surface area contributed by atoms with Crippen molar-refractivity contribution in [1.82, 2.24) is 15.5 Å². The second-order valence-corrected chi connectivity index (χ2v) is 5.24. The number of aromatic nitrogens is 2. The predicted octanol–water partition coefficient (Wildman–Crippen LogP) is 2.83. The molecule has 0 amide bonds. The van der Waals surface area contributed by atoms with Gasteiger partial charge in [0.1, 0.15) is 0 Å². The van der Waals surface area contributed by atoms with Gasteiger partial charge in [0.15, 0.2) is 5.82 Å². The predicted molar refractivity (Wildman–Crippen MR) is 67.1 cm³/mol. The van der Waals surface area contributed by atoms with Crippen molar-refractivity contribution in [2.75, 3.05) is 6.54 Å². The van der Waals surface area contributed by atoms with Crippen LogP contribution >= 0.6 is 0 Å². The van der Waals surface area contributed by atoms with Crippen LogP contribution < -0.4 is 5.32 Å². The molecule has 1 aromatic heterocycles. The van der Waals surface area contributed by atoms with E-state index in [2.05, 4.69) is 36.2 Å². The van der Waals surface area contributed by atoms with E-state index in [9.17, 15) is 0 Å². The minimum absolute atomic E-state index is 0.343. The maximum atomic E-state index is 5.42. The molecule has 2 unspecified atom stereocenters. The number of nitrogens with one attached hydrogen (secondary N) is 1. The summed E-state index contributed by atoms with van der Waals surface area (Å²) < 4.78 is 5.42. The lowest BCUT2D eigenvalue weighted by Gasteiger charge is -2.17. The Morgan fingerprint density at radius 2 is 2.24 bits per heavy atom. The van der Waals surface area contributed by atoms with Gasteiger partial charge < -0.3 is 9.84 Å². The van der Waals surface area contributed by atoms with E-state index in [1.807, 2.05) is 0 Å². The Labute approximate surface area is 103 Å². The Hall–Kier alpha value is -0.900. The molecule has 17 heavy (non-hydrogen) atoms. The van der Waals surface area contributed by atoms with Crippen molar-refractivity contribution in [3.8, 4) is 0 Å². The van der Waals surface area contributed by atoms with Crippen LogP contribution in [0.5, 0.6) is 0 Å². The van der Waals surface area contributed by atoms with E-state index in [0.717, 1.165) is 18.3 Å². The molecule has 2 rings (SSSR count). The maximum Gasteiger partial charge on any atom is 0.231 e. The van der Waals surface area contributed by atoms with E-state index in [1.54, 1.807) is 0 Å². The standard InChI is InChI=1S/C13H23N3O/c1-4-8-14-11-7-5-6-10(11)13-15-12(9(2)3)16-17-13/h9-11,14H,4-8H2,1-3H3. The molecule has 0 aliphatic heterocycles. The summed E-state index contributed by atoms with van der Waals surface area (Å²) in [5.74, 6) is 2.43. The zero-order chi connectivity index (χ0) is 12.3. The van der Waals surface area contributed by atoms with Crippen molar-refractivity contribution in [3.05, 3.63) is 11.7 Å². The second kappa shape index (κ2) is 5.63. The molecule has 4 heteroatoms. The lowest BCUT2D eigenvalue weighted by atomic mass is 10.0. The normalized spacial score (nSPS) is 24.7. The van der Waals surface area contributed by atoms with Gasteiger partial charge in [0.2, 0.25) is 5.89 Å². The van der Waals surface area contributed by atoms with Gasteiger partial charge in [0.05, 0.1) is 5.92 Å². The van der Waals surface area contributed by atoms with Gasteiger partial charge in [-0.15, -0.1) is 0 Å². The third kappa shape index (κ3) is 2.86. The van der Waals surface area contributed by atoms with Crippen LogP contribution in [0.25, 0.3) is 0 Å². The highest BCUT2D eigenvalue weighted by Crippen LogP contribution is 2.34. The smallest absolute Gasteiger partial charge is 0.231 e. The van der Waals surface area contributed by atoms with E-state index in [4.69, 9.17) is 4.52 Å². The van der Waals surface area contributed by atoms with Crippen LogP contribution in [0.1, 0.15) is 70.0 Å². The molecule has 1 saturated carbocycles. The summed E-state index contributed by atoms with van der Waals surface area (Å²) in [7, 11) is 0. The van der Waals surface area contributed by atoms with Crippen LogP contribution in [0.3, 0.4) is 0 Å². The topological polar surface area (TPSA) is 51.0 Å². The third-order valence-corrected chi connectivity index (χ3v) is 3.46. The summed E-state index contributed by atoms with van der Waals surface area (Å²) in [5, 5.41) is 7.65. The molecule has 1 aromatic rings. The molecule has 0 bridgehead atoms. The van der Waals surface area contributed by atoms with E-state index in [1.165, 1.54) is 25.7 Å². The van der Waals surface area contributed by atoms with Gasteiger partial charge in [-0.3, -0.25) is 0 Å². The van der Waals surface area contributed by atoms with Gasteiger partial charge in [0, 0.05) is 12.0 Å². The van der Waals surface area contributed by atoms with Crippen molar-refractivity contribution in [2.24, 2.45) is 0 Å². The minimum atomic E-state index is 0.343. The maximum absolute atomic E-state index is 5.42. The van der Waals surface area contributed by atoms with Crippen molar-refractivity contribution >= 4 is 0 Å². The first-order chi connectivity index (χ1) is 8.22. The molecule has 2 atom stereocenters. The van der Waals surface area contributed by atoms with Gasteiger partial charge in [-0.25, -0.2) is 0 Å². The average molecular weight is 237 g/mol. The summed E-state index contributed by atoms with van der Waals surface area (Å²) in [6.45, 7) is 7.46. The highest BCUT2D eigenvalue weighted by molar-refractivity contribution is 5.04. The monoisotopic (exact) mass is 237 g/mol. The Morgan fingerprint density at radius 3 is 2.88 bits per heavy atom. The molecule has 0 saturated heterocycles. The van der Waals surface area contributed by atoms with Crippen molar-refractivity contribution < 1.29 is 4.52 Å². The molecule has 1 aliphatic carbocycles. The summed E-state index contributed by atoms with van der Waals surface area (Å²) >= 11 is 0. The van der Waals surface area contributed by atoms with Gasteiger partial charge in [-0.05, 0) is 25.8 Å². The summed E-state index contributed by atoms with van der Waals surface area (Å²) in [5.41, 5.74) is 0. The van der Waals surface area contributed by atoms with Crippen LogP contribution in [0.15, 0.2) is 4.52 Å². The number of hydrogen-bond donors (Lipinski definition) is 1. The molecule has 1 fully saturated rings. The van der Waals surface area contributed by atoms with Crippen LogP contribution in [0, 0.1) is 0 Å². The molecule has 1 aliphatic rings. The molecule has 0 radical (unpaired) electrons.